The lowest BCUT2D eigenvalue weighted by Gasteiger charge is -2.35. The average molecular weight is 483 g/mol. The predicted molar refractivity (Wildman–Crippen MR) is 141 cm³/mol. The monoisotopic (exact) mass is 482 g/mol. The summed E-state index contributed by atoms with van der Waals surface area (Å²) in [6.45, 7) is 7.01. The standard InChI is InChI=1S/C27H38N4O2S/c1-21(32)34-16-11-26(29-27(28)33)19-23-9-6-10-24(18-23)25(17-22-7-4-3-5-8-22)20-31-14-12-30(2)13-15-31/h3-10,18,25-26H,11-17,19-20H2,1-2H3,(H3,28,29,33)/t25-,26?/m1/s1. The summed E-state index contributed by atoms with van der Waals surface area (Å²) < 4.78 is 0. The molecule has 1 aliphatic heterocycles. The number of hydrogen-bond donors (Lipinski definition) is 2. The summed E-state index contributed by atoms with van der Waals surface area (Å²) in [4.78, 5) is 27.8. The molecule has 2 aromatic rings. The third-order valence-electron chi connectivity index (χ3n) is 6.42. The Kier molecular flexibility index (Phi) is 10.4. The molecule has 1 fully saturated rings. The number of primary amides is 1. The van der Waals surface area contributed by atoms with Crippen molar-refractivity contribution >= 4 is 22.9 Å². The van der Waals surface area contributed by atoms with Crippen LogP contribution in [0.5, 0.6) is 0 Å². The van der Waals surface area contributed by atoms with E-state index in [-0.39, 0.29) is 11.2 Å². The van der Waals surface area contributed by atoms with E-state index in [0.717, 1.165) is 39.1 Å². The molecular formula is C27H38N4O2S. The van der Waals surface area contributed by atoms with Gasteiger partial charge in [0.2, 0.25) is 0 Å². The average Bonchev–Trinajstić information content (AvgIpc) is 2.80. The number of benzene rings is 2. The van der Waals surface area contributed by atoms with Gasteiger partial charge in [-0.3, -0.25) is 4.79 Å². The Bertz CT molecular complexity index is 916. The number of nitrogens with two attached hydrogens (primary N) is 1. The third-order valence-corrected chi connectivity index (χ3v) is 7.27. The van der Waals surface area contributed by atoms with Gasteiger partial charge in [-0.15, -0.1) is 0 Å². The van der Waals surface area contributed by atoms with Gasteiger partial charge in [-0.2, -0.15) is 0 Å². The van der Waals surface area contributed by atoms with Crippen molar-refractivity contribution in [2.75, 3.05) is 45.5 Å². The summed E-state index contributed by atoms with van der Waals surface area (Å²) in [5.74, 6) is 1.06. The minimum atomic E-state index is -0.522. The first-order valence-corrected chi connectivity index (χ1v) is 13.1. The lowest BCUT2D eigenvalue weighted by Crippen LogP contribution is -2.46. The van der Waals surface area contributed by atoms with Crippen LogP contribution in [0.2, 0.25) is 0 Å². The van der Waals surface area contributed by atoms with Crippen LogP contribution < -0.4 is 11.1 Å². The zero-order valence-electron chi connectivity index (χ0n) is 20.4. The minimum Gasteiger partial charge on any atom is -0.352 e. The molecule has 3 rings (SSSR count). The third kappa shape index (κ3) is 9.12. The van der Waals surface area contributed by atoms with Gasteiger partial charge in [0, 0.05) is 57.4 Å². The molecule has 2 aromatic carbocycles. The fourth-order valence-electron chi connectivity index (χ4n) is 4.56. The van der Waals surface area contributed by atoms with Crippen molar-refractivity contribution < 1.29 is 9.59 Å². The van der Waals surface area contributed by atoms with Crippen LogP contribution in [0.25, 0.3) is 0 Å². The topological polar surface area (TPSA) is 78.7 Å². The van der Waals surface area contributed by atoms with Crippen molar-refractivity contribution in [2.45, 2.75) is 38.1 Å². The van der Waals surface area contributed by atoms with Crippen molar-refractivity contribution in [3.63, 3.8) is 0 Å². The minimum absolute atomic E-state index is 0.0903. The molecule has 0 aromatic heterocycles. The molecule has 3 N–H and O–H groups in total. The number of amides is 2. The first-order chi connectivity index (χ1) is 16.4. The number of carbonyl (C=O) groups excluding carboxylic acids is 2. The number of piperazine rings is 1. The highest BCUT2D eigenvalue weighted by atomic mass is 32.2. The van der Waals surface area contributed by atoms with E-state index < -0.39 is 6.03 Å². The van der Waals surface area contributed by atoms with Crippen LogP contribution in [0, 0.1) is 0 Å². The van der Waals surface area contributed by atoms with E-state index in [0.29, 0.717) is 24.5 Å². The van der Waals surface area contributed by atoms with E-state index >= 15 is 0 Å². The summed E-state index contributed by atoms with van der Waals surface area (Å²) in [7, 11) is 2.19. The van der Waals surface area contributed by atoms with Gasteiger partial charge in [0.15, 0.2) is 5.12 Å². The zero-order chi connectivity index (χ0) is 24.3. The molecule has 0 spiro atoms. The molecule has 6 nitrogen and oxygen atoms in total. The predicted octanol–water partition coefficient (Wildman–Crippen LogP) is 3.51. The highest BCUT2D eigenvalue weighted by molar-refractivity contribution is 8.13. The Labute approximate surface area is 208 Å². The Morgan fingerprint density at radius 2 is 1.71 bits per heavy atom. The van der Waals surface area contributed by atoms with Crippen LogP contribution in [0.15, 0.2) is 54.6 Å². The molecule has 1 aliphatic rings. The Hall–Kier alpha value is -2.35. The number of likely N-dealkylation sites (N-methyl/N-ethyl adjacent to an activating group) is 1. The second kappa shape index (κ2) is 13.5. The smallest absolute Gasteiger partial charge is 0.312 e. The second-order valence-corrected chi connectivity index (χ2v) is 10.5. The van der Waals surface area contributed by atoms with Gasteiger partial charge in [0.25, 0.3) is 0 Å². The lowest BCUT2D eigenvalue weighted by atomic mass is 9.89. The zero-order valence-corrected chi connectivity index (χ0v) is 21.2. The van der Waals surface area contributed by atoms with Gasteiger partial charge in [-0.05, 0) is 43.0 Å². The highest BCUT2D eigenvalue weighted by Crippen LogP contribution is 2.25. The Morgan fingerprint density at radius 1 is 1.00 bits per heavy atom. The fourth-order valence-corrected chi connectivity index (χ4v) is 5.25. The number of carbonyl (C=O) groups is 2. The number of urea groups is 1. The van der Waals surface area contributed by atoms with E-state index in [1.54, 1.807) is 6.92 Å². The first kappa shape index (κ1) is 26.3. The summed E-state index contributed by atoms with van der Waals surface area (Å²) in [6.07, 6.45) is 2.39. The molecule has 0 saturated carbocycles. The number of thioether (sulfide) groups is 1. The summed E-state index contributed by atoms with van der Waals surface area (Å²) >= 11 is 1.29. The number of nitrogens with one attached hydrogen (secondary N) is 1. The van der Waals surface area contributed by atoms with E-state index in [4.69, 9.17) is 5.73 Å². The van der Waals surface area contributed by atoms with E-state index in [1.807, 2.05) is 0 Å². The van der Waals surface area contributed by atoms with E-state index in [9.17, 15) is 9.59 Å². The largest absolute Gasteiger partial charge is 0.352 e. The highest BCUT2D eigenvalue weighted by Gasteiger charge is 2.21. The molecule has 0 radical (unpaired) electrons. The SMILES string of the molecule is CC(=O)SCCC(Cc1cccc([C@H](Cc2ccccc2)CN2CCN(C)CC2)c1)NC(N)=O. The van der Waals surface area contributed by atoms with Crippen molar-refractivity contribution in [3.8, 4) is 0 Å². The molecule has 1 saturated heterocycles. The summed E-state index contributed by atoms with van der Waals surface area (Å²) in [5.41, 5.74) is 9.28. The van der Waals surface area contributed by atoms with Gasteiger partial charge >= 0.3 is 6.03 Å². The first-order valence-electron chi connectivity index (χ1n) is 12.1. The number of rotatable bonds is 11. The van der Waals surface area contributed by atoms with Crippen molar-refractivity contribution in [1.29, 1.82) is 0 Å². The van der Waals surface area contributed by atoms with Gasteiger partial charge in [0.1, 0.15) is 0 Å². The molecule has 1 heterocycles. The van der Waals surface area contributed by atoms with Crippen LogP contribution >= 0.6 is 11.8 Å². The molecule has 2 amide bonds. The van der Waals surface area contributed by atoms with E-state index in [1.165, 1.54) is 28.5 Å². The molecular weight excluding hydrogens is 444 g/mol. The van der Waals surface area contributed by atoms with Gasteiger partial charge in [-0.1, -0.05) is 66.4 Å². The van der Waals surface area contributed by atoms with Crippen LogP contribution in [-0.2, 0) is 17.6 Å². The normalized spacial score (nSPS) is 16.6. The maximum Gasteiger partial charge on any atom is 0.312 e. The Morgan fingerprint density at radius 3 is 2.38 bits per heavy atom. The van der Waals surface area contributed by atoms with Gasteiger partial charge < -0.3 is 20.9 Å². The van der Waals surface area contributed by atoms with Crippen molar-refractivity contribution in [2.24, 2.45) is 5.73 Å². The van der Waals surface area contributed by atoms with Crippen LogP contribution in [0.3, 0.4) is 0 Å². The molecule has 2 atom stereocenters. The molecule has 184 valence electrons. The summed E-state index contributed by atoms with van der Waals surface area (Å²) in [6, 6.07) is 18.8. The molecule has 0 aliphatic carbocycles. The number of nitrogens with zero attached hydrogens (tertiary/aromatic N) is 2. The lowest BCUT2D eigenvalue weighted by molar-refractivity contribution is -0.109. The van der Waals surface area contributed by atoms with Gasteiger partial charge in [-0.25, -0.2) is 4.79 Å². The maximum absolute atomic E-state index is 11.5. The van der Waals surface area contributed by atoms with Gasteiger partial charge in [0.05, 0.1) is 0 Å². The second-order valence-electron chi connectivity index (χ2n) is 9.27. The van der Waals surface area contributed by atoms with Crippen molar-refractivity contribution in [3.05, 3.63) is 71.3 Å². The Balaban J connectivity index is 1.74. The molecule has 0 bridgehead atoms. The van der Waals surface area contributed by atoms with E-state index in [2.05, 4.69) is 76.8 Å². The fraction of sp³-hybridized carbons (Fsp3) is 0.481. The maximum atomic E-state index is 11.5. The summed E-state index contributed by atoms with van der Waals surface area (Å²) in [5, 5.41) is 2.95. The molecule has 1 unspecified atom stereocenters. The van der Waals surface area contributed by atoms with Crippen LogP contribution in [0.1, 0.15) is 36.0 Å². The quantitative estimate of drug-likeness (QED) is 0.512. The van der Waals surface area contributed by atoms with Crippen LogP contribution in [-0.4, -0.2) is 72.5 Å². The number of hydrogen-bond acceptors (Lipinski definition) is 5. The molecule has 34 heavy (non-hydrogen) atoms. The van der Waals surface area contributed by atoms with Crippen molar-refractivity contribution in [1.82, 2.24) is 15.1 Å². The molecule has 7 heteroatoms. The van der Waals surface area contributed by atoms with Crippen LogP contribution in [0.4, 0.5) is 4.79 Å².